The Balaban J connectivity index is 2.11. The van der Waals surface area contributed by atoms with Crippen molar-refractivity contribution in [2.45, 2.75) is 44.7 Å². The van der Waals surface area contributed by atoms with Crippen molar-refractivity contribution in [2.24, 2.45) is 0 Å². The summed E-state index contributed by atoms with van der Waals surface area (Å²) in [6, 6.07) is 7.86. The van der Waals surface area contributed by atoms with E-state index in [1.807, 2.05) is 6.92 Å². The molecule has 0 radical (unpaired) electrons. The van der Waals surface area contributed by atoms with Gasteiger partial charge in [-0.25, -0.2) is 17.9 Å². The Bertz CT molecular complexity index is 889. The van der Waals surface area contributed by atoms with Gasteiger partial charge in [0.2, 0.25) is 10.0 Å². The predicted octanol–water partition coefficient (Wildman–Crippen LogP) is 2.79. The summed E-state index contributed by atoms with van der Waals surface area (Å²) in [6.45, 7) is 7.24. The van der Waals surface area contributed by atoms with Crippen molar-refractivity contribution < 1.29 is 13.2 Å². The molecular formula is C18H24N4O3S. The molecule has 2 rings (SSSR count). The molecule has 0 saturated carbocycles. The van der Waals surface area contributed by atoms with E-state index in [-0.39, 0.29) is 11.4 Å². The van der Waals surface area contributed by atoms with Gasteiger partial charge in [0.1, 0.15) is 0 Å². The van der Waals surface area contributed by atoms with Gasteiger partial charge < -0.3 is 10.6 Å². The van der Waals surface area contributed by atoms with Crippen LogP contribution in [-0.4, -0.2) is 25.0 Å². The average molecular weight is 376 g/mol. The Hall–Kier alpha value is -2.45. The Morgan fingerprint density at radius 3 is 2.50 bits per heavy atom. The molecule has 0 aliphatic carbocycles. The lowest BCUT2D eigenvalue weighted by Crippen LogP contribution is -2.41. The molecule has 1 aromatic carbocycles. The van der Waals surface area contributed by atoms with E-state index in [4.69, 9.17) is 0 Å². The molecule has 140 valence electrons. The molecule has 0 aliphatic rings. The SMILES string of the molecule is Cc1cnccc1NC(=O)NCc1ccccc1S(=O)(=O)NC(C)(C)C. The first-order chi connectivity index (χ1) is 12.1. The summed E-state index contributed by atoms with van der Waals surface area (Å²) in [5.41, 5.74) is 1.38. The van der Waals surface area contributed by atoms with Gasteiger partial charge in [-0.1, -0.05) is 18.2 Å². The van der Waals surface area contributed by atoms with Crippen LogP contribution in [0.15, 0.2) is 47.6 Å². The third kappa shape index (κ3) is 5.53. The average Bonchev–Trinajstić information content (AvgIpc) is 2.53. The molecule has 0 spiro atoms. The molecule has 7 nitrogen and oxygen atoms in total. The highest BCUT2D eigenvalue weighted by molar-refractivity contribution is 7.89. The van der Waals surface area contributed by atoms with Gasteiger partial charge in [-0.15, -0.1) is 0 Å². The maximum absolute atomic E-state index is 12.6. The van der Waals surface area contributed by atoms with Gasteiger partial charge in [0.25, 0.3) is 0 Å². The number of urea groups is 1. The molecular weight excluding hydrogens is 352 g/mol. The Labute approximate surface area is 154 Å². The number of rotatable bonds is 5. The fraction of sp³-hybridized carbons (Fsp3) is 0.333. The van der Waals surface area contributed by atoms with Crippen molar-refractivity contribution in [2.75, 3.05) is 5.32 Å². The van der Waals surface area contributed by atoms with Gasteiger partial charge >= 0.3 is 6.03 Å². The van der Waals surface area contributed by atoms with Crippen molar-refractivity contribution in [3.63, 3.8) is 0 Å². The van der Waals surface area contributed by atoms with E-state index in [2.05, 4.69) is 20.3 Å². The standard InChI is InChI=1S/C18H24N4O3S/c1-13-11-19-10-9-15(13)21-17(23)20-12-14-7-5-6-8-16(14)26(24,25)22-18(2,3)4/h5-11,22H,12H2,1-4H3,(H2,19,20,21,23). The first-order valence-electron chi connectivity index (χ1n) is 8.16. The minimum atomic E-state index is -3.69. The van der Waals surface area contributed by atoms with Crippen LogP contribution in [0.25, 0.3) is 0 Å². The van der Waals surface area contributed by atoms with Gasteiger partial charge in [0.15, 0.2) is 0 Å². The van der Waals surface area contributed by atoms with Crippen LogP contribution in [0, 0.1) is 6.92 Å². The second kappa shape index (κ2) is 7.84. The lowest BCUT2D eigenvalue weighted by atomic mass is 10.1. The van der Waals surface area contributed by atoms with Crippen molar-refractivity contribution in [1.29, 1.82) is 0 Å². The summed E-state index contributed by atoms with van der Waals surface area (Å²) < 4.78 is 27.8. The number of aryl methyl sites for hydroxylation is 1. The maximum atomic E-state index is 12.6. The second-order valence-electron chi connectivity index (χ2n) is 6.96. The number of nitrogens with zero attached hydrogens (tertiary/aromatic N) is 1. The van der Waals surface area contributed by atoms with Gasteiger partial charge in [-0.3, -0.25) is 4.98 Å². The monoisotopic (exact) mass is 376 g/mol. The summed E-state index contributed by atoms with van der Waals surface area (Å²) in [7, 11) is -3.69. The number of hydrogen-bond donors (Lipinski definition) is 3. The smallest absolute Gasteiger partial charge is 0.319 e. The van der Waals surface area contributed by atoms with E-state index in [0.717, 1.165) is 5.56 Å². The molecule has 3 N–H and O–H groups in total. The first-order valence-corrected chi connectivity index (χ1v) is 9.64. The zero-order valence-corrected chi connectivity index (χ0v) is 16.1. The minimum Gasteiger partial charge on any atom is -0.334 e. The summed E-state index contributed by atoms with van der Waals surface area (Å²) in [4.78, 5) is 16.2. The van der Waals surface area contributed by atoms with Crippen LogP contribution >= 0.6 is 0 Å². The van der Waals surface area contributed by atoms with Crippen molar-refractivity contribution in [1.82, 2.24) is 15.0 Å². The third-order valence-corrected chi connectivity index (χ3v) is 5.27. The molecule has 0 bridgehead atoms. The van der Waals surface area contributed by atoms with E-state index in [1.165, 1.54) is 6.07 Å². The molecule has 0 unspecified atom stereocenters. The van der Waals surface area contributed by atoms with Crippen LogP contribution in [0.3, 0.4) is 0 Å². The fourth-order valence-corrected chi connectivity index (χ4v) is 3.99. The van der Waals surface area contributed by atoms with Crippen LogP contribution in [0.5, 0.6) is 0 Å². The van der Waals surface area contributed by atoms with E-state index < -0.39 is 21.6 Å². The van der Waals surface area contributed by atoms with Crippen molar-refractivity contribution in [3.8, 4) is 0 Å². The number of sulfonamides is 1. The van der Waals surface area contributed by atoms with Gasteiger partial charge in [-0.2, -0.15) is 0 Å². The minimum absolute atomic E-state index is 0.0805. The third-order valence-electron chi connectivity index (χ3n) is 3.41. The largest absolute Gasteiger partial charge is 0.334 e. The number of pyridine rings is 1. The fourth-order valence-electron chi connectivity index (χ4n) is 2.33. The Morgan fingerprint density at radius 1 is 1.15 bits per heavy atom. The molecule has 0 saturated heterocycles. The van der Waals surface area contributed by atoms with Crippen LogP contribution < -0.4 is 15.4 Å². The van der Waals surface area contributed by atoms with Gasteiger partial charge in [0, 0.05) is 30.2 Å². The molecule has 8 heteroatoms. The number of nitrogens with one attached hydrogen (secondary N) is 3. The number of hydrogen-bond acceptors (Lipinski definition) is 4. The lowest BCUT2D eigenvalue weighted by molar-refractivity contribution is 0.251. The summed E-state index contributed by atoms with van der Waals surface area (Å²) in [6.07, 6.45) is 3.23. The summed E-state index contributed by atoms with van der Waals surface area (Å²) in [5, 5.41) is 5.41. The maximum Gasteiger partial charge on any atom is 0.319 e. The van der Waals surface area contributed by atoms with E-state index in [0.29, 0.717) is 11.3 Å². The predicted molar refractivity (Wildman–Crippen MR) is 101 cm³/mol. The molecule has 26 heavy (non-hydrogen) atoms. The normalized spacial score (nSPS) is 11.8. The Morgan fingerprint density at radius 2 is 1.85 bits per heavy atom. The zero-order valence-electron chi connectivity index (χ0n) is 15.3. The van der Waals surface area contributed by atoms with Crippen LogP contribution in [0.4, 0.5) is 10.5 Å². The number of aromatic nitrogens is 1. The molecule has 0 atom stereocenters. The summed E-state index contributed by atoms with van der Waals surface area (Å²) in [5.74, 6) is 0. The van der Waals surface area contributed by atoms with E-state index in [1.54, 1.807) is 57.4 Å². The van der Waals surface area contributed by atoms with E-state index >= 15 is 0 Å². The first kappa shape index (κ1) is 19.9. The number of benzene rings is 1. The van der Waals surface area contributed by atoms with Crippen LogP contribution in [0.2, 0.25) is 0 Å². The van der Waals surface area contributed by atoms with Crippen LogP contribution in [0.1, 0.15) is 31.9 Å². The number of anilines is 1. The van der Waals surface area contributed by atoms with Crippen molar-refractivity contribution >= 4 is 21.7 Å². The van der Waals surface area contributed by atoms with Gasteiger partial charge in [0.05, 0.1) is 4.90 Å². The van der Waals surface area contributed by atoms with Gasteiger partial charge in [-0.05, 0) is 51.0 Å². The quantitative estimate of drug-likeness (QED) is 0.747. The topological polar surface area (TPSA) is 100 Å². The number of carbonyl (C=O) groups is 1. The number of carbonyl (C=O) groups excluding carboxylic acids is 1. The molecule has 0 fully saturated rings. The van der Waals surface area contributed by atoms with Crippen LogP contribution in [-0.2, 0) is 16.6 Å². The molecule has 2 amide bonds. The lowest BCUT2D eigenvalue weighted by Gasteiger charge is -2.21. The molecule has 1 aromatic heterocycles. The highest BCUT2D eigenvalue weighted by Gasteiger charge is 2.24. The molecule has 1 heterocycles. The number of amides is 2. The van der Waals surface area contributed by atoms with Crippen molar-refractivity contribution in [3.05, 3.63) is 53.9 Å². The molecule has 2 aromatic rings. The second-order valence-corrected chi connectivity index (χ2v) is 8.61. The highest BCUT2D eigenvalue weighted by atomic mass is 32.2. The van der Waals surface area contributed by atoms with E-state index in [9.17, 15) is 13.2 Å². The summed E-state index contributed by atoms with van der Waals surface area (Å²) >= 11 is 0. The Kier molecular flexibility index (Phi) is 5.99. The highest BCUT2D eigenvalue weighted by Crippen LogP contribution is 2.18. The zero-order chi connectivity index (χ0) is 19.4. The molecule has 0 aliphatic heterocycles.